The molecule has 0 spiro atoms. The normalized spacial score (nSPS) is 19.5. The third-order valence-electron chi connectivity index (χ3n) is 2.72. The second kappa shape index (κ2) is 4.62. The Labute approximate surface area is 104 Å². The Morgan fingerprint density at radius 3 is 3.06 bits per heavy atom. The Bertz CT molecular complexity index is 464. The molecule has 0 aliphatic carbocycles. The number of nitrogens with one attached hydrogen (secondary N) is 1. The number of aromatic nitrogens is 2. The first kappa shape index (κ1) is 11.7. The van der Waals surface area contributed by atoms with Crippen molar-refractivity contribution in [1.29, 1.82) is 0 Å². The first-order valence-corrected chi connectivity index (χ1v) is 5.63. The monoisotopic (exact) mass is 251 g/mol. The number of likely N-dealkylation sites (N-methyl/N-ethyl adjacent to an activating group) is 1. The Kier molecular flexibility index (Phi) is 3.19. The minimum Gasteiger partial charge on any atom is -0.389 e. The summed E-state index contributed by atoms with van der Waals surface area (Å²) < 4.78 is 0. The molecule has 1 aliphatic rings. The Morgan fingerprint density at radius 2 is 2.47 bits per heavy atom. The van der Waals surface area contributed by atoms with E-state index >= 15 is 0 Å². The van der Waals surface area contributed by atoms with Crippen molar-refractivity contribution in [3.63, 3.8) is 0 Å². The van der Waals surface area contributed by atoms with Crippen LogP contribution in [0.1, 0.15) is 12.0 Å². The maximum absolute atomic E-state index is 11.7. The quantitative estimate of drug-likeness (QED) is 0.721. The molecule has 1 aromatic heterocycles. The van der Waals surface area contributed by atoms with Gasteiger partial charge in [0, 0.05) is 13.6 Å². The molecule has 2 heterocycles. The molecule has 1 aromatic rings. The number of likely N-dealkylation sites (tertiary alicyclic amines) is 1. The molecular formula is C10H13N5OS. The van der Waals surface area contributed by atoms with Gasteiger partial charge in [-0.15, -0.1) is 5.10 Å². The van der Waals surface area contributed by atoms with Crippen LogP contribution in [0.4, 0.5) is 5.82 Å². The molecule has 0 radical (unpaired) electrons. The molecule has 17 heavy (non-hydrogen) atoms. The van der Waals surface area contributed by atoms with Gasteiger partial charge in [0.05, 0.1) is 11.8 Å². The van der Waals surface area contributed by atoms with Crippen molar-refractivity contribution in [1.82, 2.24) is 15.1 Å². The zero-order valence-electron chi connectivity index (χ0n) is 9.38. The molecule has 3 N–H and O–H groups in total. The van der Waals surface area contributed by atoms with Crippen LogP contribution in [0.25, 0.3) is 0 Å². The smallest absolute Gasteiger partial charge is 0.244 e. The van der Waals surface area contributed by atoms with Crippen molar-refractivity contribution in [2.75, 3.05) is 18.9 Å². The number of nitrogens with zero attached hydrogens (tertiary/aromatic N) is 3. The molecule has 1 amide bonds. The van der Waals surface area contributed by atoms with Crippen LogP contribution in [0, 0.1) is 0 Å². The van der Waals surface area contributed by atoms with Crippen LogP contribution in [-0.2, 0) is 4.79 Å². The van der Waals surface area contributed by atoms with Crippen LogP contribution < -0.4 is 11.1 Å². The standard InChI is InChI=1S/C10H13N5OS/c1-15-5-3-7(10(15)16)13-9-6(8(11)17)2-4-12-14-9/h2,4,7H,3,5H2,1H3,(H2,11,17)(H,13,14). The maximum atomic E-state index is 11.7. The Morgan fingerprint density at radius 1 is 1.71 bits per heavy atom. The van der Waals surface area contributed by atoms with Gasteiger partial charge in [-0.2, -0.15) is 5.10 Å². The molecule has 2 rings (SSSR count). The van der Waals surface area contributed by atoms with E-state index < -0.39 is 0 Å². The maximum Gasteiger partial charge on any atom is 0.244 e. The van der Waals surface area contributed by atoms with Crippen molar-refractivity contribution in [3.8, 4) is 0 Å². The van der Waals surface area contributed by atoms with Gasteiger partial charge in [0.1, 0.15) is 11.0 Å². The molecule has 7 heteroatoms. The first-order chi connectivity index (χ1) is 8.09. The van der Waals surface area contributed by atoms with Gasteiger partial charge in [-0.05, 0) is 12.5 Å². The fraction of sp³-hybridized carbons (Fsp3) is 0.400. The lowest BCUT2D eigenvalue weighted by atomic mass is 10.2. The van der Waals surface area contributed by atoms with E-state index in [-0.39, 0.29) is 16.9 Å². The second-order valence-corrected chi connectivity index (χ2v) is 4.34. The summed E-state index contributed by atoms with van der Waals surface area (Å²) in [4.78, 5) is 13.7. The fourth-order valence-electron chi connectivity index (χ4n) is 1.76. The molecule has 1 unspecified atom stereocenters. The minimum atomic E-state index is -0.273. The van der Waals surface area contributed by atoms with E-state index in [1.54, 1.807) is 18.0 Å². The van der Waals surface area contributed by atoms with E-state index in [1.165, 1.54) is 6.20 Å². The summed E-state index contributed by atoms with van der Waals surface area (Å²) in [6.07, 6.45) is 2.25. The molecule has 1 fully saturated rings. The van der Waals surface area contributed by atoms with Crippen molar-refractivity contribution >= 4 is 28.9 Å². The molecule has 1 aliphatic heterocycles. The van der Waals surface area contributed by atoms with E-state index in [1.807, 2.05) is 0 Å². The van der Waals surface area contributed by atoms with Gasteiger partial charge in [0.25, 0.3) is 0 Å². The lowest BCUT2D eigenvalue weighted by Gasteiger charge is -2.14. The topological polar surface area (TPSA) is 84.1 Å². The number of carbonyl (C=O) groups excluding carboxylic acids is 1. The number of thiocarbonyl (C=S) groups is 1. The molecule has 6 nitrogen and oxygen atoms in total. The number of hydrogen-bond donors (Lipinski definition) is 2. The molecule has 1 atom stereocenters. The third-order valence-corrected chi connectivity index (χ3v) is 2.94. The van der Waals surface area contributed by atoms with Crippen molar-refractivity contribution in [2.24, 2.45) is 5.73 Å². The van der Waals surface area contributed by atoms with Gasteiger partial charge >= 0.3 is 0 Å². The van der Waals surface area contributed by atoms with E-state index in [4.69, 9.17) is 18.0 Å². The highest BCUT2D eigenvalue weighted by Gasteiger charge is 2.29. The van der Waals surface area contributed by atoms with Crippen LogP contribution in [0.3, 0.4) is 0 Å². The summed E-state index contributed by atoms with van der Waals surface area (Å²) in [7, 11) is 1.77. The summed E-state index contributed by atoms with van der Waals surface area (Å²) >= 11 is 4.92. The summed E-state index contributed by atoms with van der Waals surface area (Å²) in [5.74, 6) is 0.512. The van der Waals surface area contributed by atoms with Gasteiger partial charge in [0.15, 0.2) is 5.82 Å². The van der Waals surface area contributed by atoms with Crippen molar-refractivity contribution in [3.05, 3.63) is 17.8 Å². The van der Waals surface area contributed by atoms with E-state index in [2.05, 4.69) is 15.5 Å². The number of rotatable bonds is 3. The van der Waals surface area contributed by atoms with Crippen LogP contribution in [0.2, 0.25) is 0 Å². The van der Waals surface area contributed by atoms with Crippen LogP contribution >= 0.6 is 12.2 Å². The number of amides is 1. The highest BCUT2D eigenvalue weighted by molar-refractivity contribution is 7.80. The van der Waals surface area contributed by atoms with Crippen LogP contribution in [-0.4, -0.2) is 45.6 Å². The molecule has 90 valence electrons. The molecule has 0 saturated carbocycles. The zero-order chi connectivity index (χ0) is 12.4. The SMILES string of the molecule is CN1CCC(Nc2nnccc2C(N)=S)C1=O. The van der Waals surface area contributed by atoms with E-state index in [9.17, 15) is 4.79 Å². The first-order valence-electron chi connectivity index (χ1n) is 5.22. The summed E-state index contributed by atoms with van der Waals surface area (Å²) in [6.45, 7) is 0.735. The van der Waals surface area contributed by atoms with Gasteiger partial charge < -0.3 is 16.0 Å². The second-order valence-electron chi connectivity index (χ2n) is 3.90. The predicted octanol–water partition coefficient (Wildman–Crippen LogP) is -0.247. The average Bonchev–Trinajstić information content (AvgIpc) is 2.61. The number of hydrogen-bond acceptors (Lipinski definition) is 5. The highest BCUT2D eigenvalue weighted by Crippen LogP contribution is 2.17. The zero-order valence-corrected chi connectivity index (χ0v) is 10.2. The summed E-state index contributed by atoms with van der Waals surface area (Å²) in [6, 6.07) is 1.41. The number of anilines is 1. The van der Waals surface area contributed by atoms with Crippen LogP contribution in [0.5, 0.6) is 0 Å². The van der Waals surface area contributed by atoms with Gasteiger partial charge in [-0.1, -0.05) is 12.2 Å². The third kappa shape index (κ3) is 2.33. The predicted molar refractivity (Wildman–Crippen MR) is 67.6 cm³/mol. The Balaban J connectivity index is 2.19. The van der Waals surface area contributed by atoms with Gasteiger partial charge in [0.2, 0.25) is 5.91 Å². The van der Waals surface area contributed by atoms with E-state index in [0.29, 0.717) is 11.4 Å². The molecule has 1 saturated heterocycles. The van der Waals surface area contributed by atoms with Crippen molar-refractivity contribution in [2.45, 2.75) is 12.5 Å². The summed E-state index contributed by atoms with van der Waals surface area (Å²) in [5.41, 5.74) is 6.19. The fourth-order valence-corrected chi connectivity index (χ4v) is 1.92. The summed E-state index contributed by atoms with van der Waals surface area (Å²) in [5, 5.41) is 10.7. The van der Waals surface area contributed by atoms with Crippen LogP contribution in [0.15, 0.2) is 12.3 Å². The van der Waals surface area contributed by atoms with Crippen molar-refractivity contribution < 1.29 is 4.79 Å². The van der Waals surface area contributed by atoms with E-state index in [0.717, 1.165) is 13.0 Å². The number of carbonyl (C=O) groups is 1. The highest BCUT2D eigenvalue weighted by atomic mass is 32.1. The minimum absolute atomic E-state index is 0.0459. The largest absolute Gasteiger partial charge is 0.389 e. The van der Waals surface area contributed by atoms with Gasteiger partial charge in [-0.3, -0.25) is 4.79 Å². The molecule has 0 aromatic carbocycles. The molecule has 0 bridgehead atoms. The Hall–Kier alpha value is -1.76. The lowest BCUT2D eigenvalue weighted by Crippen LogP contribution is -2.32. The average molecular weight is 251 g/mol. The lowest BCUT2D eigenvalue weighted by molar-refractivity contribution is -0.127. The number of nitrogens with two attached hydrogens (primary N) is 1. The van der Waals surface area contributed by atoms with Gasteiger partial charge in [-0.25, -0.2) is 0 Å². The molecular weight excluding hydrogens is 238 g/mol.